The molecule has 0 saturated heterocycles. The second-order valence-corrected chi connectivity index (χ2v) is 5.71. The predicted octanol–water partition coefficient (Wildman–Crippen LogP) is 4.40. The van der Waals surface area contributed by atoms with Crippen LogP contribution in [0.5, 0.6) is 0 Å². The summed E-state index contributed by atoms with van der Waals surface area (Å²) >= 11 is 1.80. The van der Waals surface area contributed by atoms with E-state index in [1.54, 1.807) is 11.8 Å². The smallest absolute Gasteiger partial charge is 0.0343 e. The maximum absolute atomic E-state index is 3.64. The highest BCUT2D eigenvalue weighted by Crippen LogP contribution is 2.26. The highest BCUT2D eigenvalue weighted by Gasteiger charge is 2.17. The molecule has 1 aromatic rings. The van der Waals surface area contributed by atoms with Crippen molar-refractivity contribution >= 4 is 17.4 Å². The van der Waals surface area contributed by atoms with E-state index in [-0.39, 0.29) is 0 Å². The molecule has 1 aliphatic rings. The Morgan fingerprint density at radius 2 is 1.69 bits per heavy atom. The van der Waals surface area contributed by atoms with Crippen LogP contribution in [-0.2, 0) is 0 Å². The van der Waals surface area contributed by atoms with Crippen molar-refractivity contribution in [2.45, 2.75) is 43.5 Å². The van der Waals surface area contributed by atoms with E-state index in [1.165, 1.54) is 36.3 Å². The number of thioether (sulfide) groups is 1. The minimum absolute atomic E-state index is 0.691. The molecule has 0 aliphatic heterocycles. The average molecular weight is 235 g/mol. The molecule has 0 atom stereocenters. The van der Waals surface area contributed by atoms with Gasteiger partial charge in [-0.2, -0.15) is 0 Å². The molecule has 0 aromatic heterocycles. The largest absolute Gasteiger partial charge is 0.382 e. The van der Waals surface area contributed by atoms with Crippen molar-refractivity contribution in [3.05, 3.63) is 24.3 Å². The molecule has 1 aromatic carbocycles. The van der Waals surface area contributed by atoms with Crippen LogP contribution in [0.2, 0.25) is 0 Å². The van der Waals surface area contributed by atoms with Gasteiger partial charge in [0.15, 0.2) is 0 Å². The minimum Gasteiger partial charge on any atom is -0.382 e. The van der Waals surface area contributed by atoms with Crippen LogP contribution in [-0.4, -0.2) is 12.3 Å². The molecule has 1 fully saturated rings. The second-order valence-electron chi connectivity index (χ2n) is 4.83. The van der Waals surface area contributed by atoms with Crippen LogP contribution in [0.4, 0.5) is 5.69 Å². The molecule has 1 saturated carbocycles. The lowest BCUT2D eigenvalue weighted by molar-refractivity contribution is 0.361. The molecule has 2 rings (SSSR count). The second kappa shape index (κ2) is 5.62. The van der Waals surface area contributed by atoms with Crippen LogP contribution in [0, 0.1) is 5.92 Å². The van der Waals surface area contributed by atoms with Gasteiger partial charge < -0.3 is 5.32 Å². The van der Waals surface area contributed by atoms with Gasteiger partial charge in [0.05, 0.1) is 0 Å². The van der Waals surface area contributed by atoms with Crippen molar-refractivity contribution in [3.63, 3.8) is 0 Å². The van der Waals surface area contributed by atoms with Gasteiger partial charge in [0.1, 0.15) is 0 Å². The molecule has 0 amide bonds. The summed E-state index contributed by atoms with van der Waals surface area (Å²) in [6, 6.07) is 9.47. The van der Waals surface area contributed by atoms with Gasteiger partial charge in [-0.05, 0) is 62.1 Å². The summed E-state index contributed by atoms with van der Waals surface area (Å²) in [5, 5.41) is 3.64. The number of rotatable bonds is 3. The molecule has 1 N–H and O–H groups in total. The van der Waals surface area contributed by atoms with Crippen molar-refractivity contribution < 1.29 is 0 Å². The lowest BCUT2D eigenvalue weighted by Crippen LogP contribution is -2.25. The van der Waals surface area contributed by atoms with Gasteiger partial charge in [0.25, 0.3) is 0 Å². The first-order valence-corrected chi connectivity index (χ1v) is 7.41. The van der Waals surface area contributed by atoms with Crippen LogP contribution < -0.4 is 5.32 Å². The van der Waals surface area contributed by atoms with Crippen molar-refractivity contribution in [2.75, 3.05) is 11.6 Å². The zero-order chi connectivity index (χ0) is 11.4. The molecule has 16 heavy (non-hydrogen) atoms. The molecule has 2 heteroatoms. The van der Waals surface area contributed by atoms with Gasteiger partial charge in [-0.25, -0.2) is 0 Å². The van der Waals surface area contributed by atoms with Gasteiger partial charge in [-0.15, -0.1) is 11.8 Å². The molecule has 0 unspecified atom stereocenters. The van der Waals surface area contributed by atoms with E-state index in [0.29, 0.717) is 6.04 Å². The Morgan fingerprint density at radius 3 is 2.25 bits per heavy atom. The Balaban J connectivity index is 1.88. The molecule has 0 heterocycles. The highest BCUT2D eigenvalue weighted by molar-refractivity contribution is 7.98. The fourth-order valence-corrected chi connectivity index (χ4v) is 2.74. The third kappa shape index (κ3) is 3.18. The first kappa shape index (κ1) is 11.8. The lowest BCUT2D eigenvalue weighted by Gasteiger charge is -2.27. The molecule has 1 nitrogen and oxygen atoms in total. The van der Waals surface area contributed by atoms with E-state index in [2.05, 4.69) is 42.8 Å². The number of anilines is 1. The molecular weight excluding hydrogens is 214 g/mol. The van der Waals surface area contributed by atoms with Crippen LogP contribution in [0.3, 0.4) is 0 Å². The van der Waals surface area contributed by atoms with Gasteiger partial charge in [-0.3, -0.25) is 0 Å². The standard InChI is InChI=1S/C14H21NS/c1-11-3-5-12(6-4-11)15-13-7-9-14(16-2)10-8-13/h7-12,15H,3-6H2,1-2H3. The molecule has 0 radical (unpaired) electrons. The normalized spacial score (nSPS) is 25.4. The quantitative estimate of drug-likeness (QED) is 0.779. The zero-order valence-electron chi connectivity index (χ0n) is 10.2. The van der Waals surface area contributed by atoms with E-state index >= 15 is 0 Å². The topological polar surface area (TPSA) is 12.0 Å². The first-order chi connectivity index (χ1) is 7.78. The summed E-state index contributed by atoms with van der Waals surface area (Å²) in [5.41, 5.74) is 1.28. The third-order valence-electron chi connectivity index (χ3n) is 3.48. The van der Waals surface area contributed by atoms with Gasteiger partial charge in [-0.1, -0.05) is 6.92 Å². The third-order valence-corrected chi connectivity index (χ3v) is 4.22. The SMILES string of the molecule is CSc1ccc(NC2CCC(C)CC2)cc1. The van der Waals surface area contributed by atoms with E-state index in [1.807, 2.05) is 0 Å². The molecular formula is C14H21NS. The number of hydrogen-bond acceptors (Lipinski definition) is 2. The van der Waals surface area contributed by atoms with Crippen molar-refractivity contribution in [2.24, 2.45) is 5.92 Å². The molecule has 88 valence electrons. The molecule has 0 spiro atoms. The first-order valence-electron chi connectivity index (χ1n) is 6.18. The average Bonchev–Trinajstić information content (AvgIpc) is 2.33. The summed E-state index contributed by atoms with van der Waals surface area (Å²) in [6.45, 7) is 2.36. The fraction of sp³-hybridized carbons (Fsp3) is 0.571. The van der Waals surface area contributed by atoms with Crippen LogP contribution in [0.1, 0.15) is 32.6 Å². The van der Waals surface area contributed by atoms with Crippen LogP contribution in [0.25, 0.3) is 0 Å². The Labute approximate surface area is 103 Å². The van der Waals surface area contributed by atoms with Crippen LogP contribution >= 0.6 is 11.8 Å². The Hall–Kier alpha value is -0.630. The zero-order valence-corrected chi connectivity index (χ0v) is 11.0. The number of hydrogen-bond donors (Lipinski definition) is 1. The molecule has 0 bridgehead atoms. The van der Waals surface area contributed by atoms with Crippen molar-refractivity contribution in [3.8, 4) is 0 Å². The number of nitrogens with one attached hydrogen (secondary N) is 1. The van der Waals surface area contributed by atoms with Crippen molar-refractivity contribution in [1.29, 1.82) is 0 Å². The summed E-state index contributed by atoms with van der Waals surface area (Å²) in [4.78, 5) is 1.34. The number of benzene rings is 1. The maximum atomic E-state index is 3.64. The summed E-state index contributed by atoms with van der Waals surface area (Å²) < 4.78 is 0. The minimum atomic E-state index is 0.691. The Kier molecular flexibility index (Phi) is 4.16. The van der Waals surface area contributed by atoms with Gasteiger partial charge in [0, 0.05) is 16.6 Å². The predicted molar refractivity (Wildman–Crippen MR) is 73.3 cm³/mol. The Bertz CT molecular complexity index is 312. The summed E-state index contributed by atoms with van der Waals surface area (Å²) in [6.07, 6.45) is 7.52. The van der Waals surface area contributed by atoms with Crippen molar-refractivity contribution in [1.82, 2.24) is 0 Å². The van der Waals surface area contributed by atoms with Gasteiger partial charge in [0.2, 0.25) is 0 Å². The van der Waals surface area contributed by atoms with Crippen LogP contribution in [0.15, 0.2) is 29.2 Å². The van der Waals surface area contributed by atoms with E-state index in [4.69, 9.17) is 0 Å². The lowest BCUT2D eigenvalue weighted by atomic mass is 9.87. The monoisotopic (exact) mass is 235 g/mol. The van der Waals surface area contributed by atoms with E-state index < -0.39 is 0 Å². The van der Waals surface area contributed by atoms with E-state index in [9.17, 15) is 0 Å². The fourth-order valence-electron chi connectivity index (χ4n) is 2.33. The van der Waals surface area contributed by atoms with Gasteiger partial charge >= 0.3 is 0 Å². The van der Waals surface area contributed by atoms with E-state index in [0.717, 1.165) is 5.92 Å². The summed E-state index contributed by atoms with van der Waals surface area (Å²) in [5.74, 6) is 0.928. The Morgan fingerprint density at radius 1 is 1.06 bits per heavy atom. The highest BCUT2D eigenvalue weighted by atomic mass is 32.2. The maximum Gasteiger partial charge on any atom is 0.0343 e. The summed E-state index contributed by atoms with van der Waals surface area (Å²) in [7, 11) is 0. The molecule has 1 aliphatic carbocycles.